The minimum Gasteiger partial charge on any atom is -0.491 e. The van der Waals surface area contributed by atoms with Crippen LogP contribution in [0.1, 0.15) is 62.8 Å². The number of amides is 2. The molecule has 0 aliphatic heterocycles. The maximum Gasteiger partial charge on any atom is 0.279 e. The fourth-order valence-corrected chi connectivity index (χ4v) is 5.39. The fraction of sp³-hybridized carbons (Fsp3) is 0.286. The summed E-state index contributed by atoms with van der Waals surface area (Å²) in [5.41, 5.74) is 12.4. The Hall–Kier alpha value is -6.30. The molecule has 0 heterocycles. The first-order valence-corrected chi connectivity index (χ1v) is 17.8. The second kappa shape index (κ2) is 19.0. The average Bonchev–Trinajstić information content (AvgIpc) is 3.12. The molecule has 12 nitrogen and oxygen atoms in total. The molecule has 4 N–H and O–H groups in total. The SMILES string of the molecule is CCCOc1cc(-c2cc(OCCC)c(N/N=C(\C(C)=O)C(=O)Nc3ccccc3C)cc2C)c(C)cc1N/N=C(/C(C)=O)C(=O)Nc1ccccc1C. The Labute approximate surface area is 316 Å². The summed E-state index contributed by atoms with van der Waals surface area (Å²) in [5.74, 6) is -1.34. The molecule has 0 atom stereocenters. The number of carbonyl (C=O) groups is 4. The molecule has 4 aromatic rings. The van der Waals surface area contributed by atoms with Gasteiger partial charge < -0.3 is 20.1 Å². The molecule has 2 amide bonds. The fourth-order valence-electron chi connectivity index (χ4n) is 5.39. The van der Waals surface area contributed by atoms with Gasteiger partial charge in [-0.2, -0.15) is 10.2 Å². The molecule has 0 saturated heterocycles. The summed E-state index contributed by atoms with van der Waals surface area (Å²) in [6, 6.07) is 22.0. The van der Waals surface area contributed by atoms with Crippen LogP contribution >= 0.6 is 0 Å². The first kappa shape index (κ1) is 40.5. The van der Waals surface area contributed by atoms with Crippen molar-refractivity contribution in [1.29, 1.82) is 0 Å². The Morgan fingerprint density at radius 1 is 0.537 bits per heavy atom. The van der Waals surface area contributed by atoms with Crippen LogP contribution in [0.5, 0.6) is 11.5 Å². The Bertz CT molecular complexity index is 1960. The summed E-state index contributed by atoms with van der Waals surface area (Å²) in [6.45, 7) is 14.9. The number of ketones is 2. The second-order valence-electron chi connectivity index (χ2n) is 12.8. The molecule has 12 heteroatoms. The standard InChI is InChI=1S/C42H48N6O6/c1-9-19-53-37-23-31(27(5)21-35(37)45-47-39(29(7)49)41(51)43-33-17-13-11-15-25(33)3)32-24-38(54-20-10-2)36(22-28(32)6)46-48-40(30(8)50)42(52)44-34-18-14-12-16-26(34)4/h11-18,21-24,45-46H,9-10,19-20H2,1-8H3,(H,43,51)(H,44,52)/b47-39-,48-40+. The number of carbonyl (C=O) groups excluding carboxylic acids is 4. The molecule has 0 fully saturated rings. The van der Waals surface area contributed by atoms with Gasteiger partial charge in [0.2, 0.25) is 0 Å². The highest BCUT2D eigenvalue weighted by Gasteiger charge is 2.21. The van der Waals surface area contributed by atoms with Crippen molar-refractivity contribution < 1.29 is 28.7 Å². The number of nitrogens with zero attached hydrogens (tertiary/aromatic N) is 2. The summed E-state index contributed by atoms with van der Waals surface area (Å²) in [4.78, 5) is 51.3. The number of hydrogen-bond acceptors (Lipinski definition) is 10. The molecular formula is C42H48N6O6. The smallest absolute Gasteiger partial charge is 0.279 e. The van der Waals surface area contributed by atoms with Gasteiger partial charge in [-0.1, -0.05) is 50.2 Å². The lowest BCUT2D eigenvalue weighted by atomic mass is 9.95. The molecule has 0 unspecified atom stereocenters. The number of benzene rings is 4. The first-order valence-electron chi connectivity index (χ1n) is 17.8. The van der Waals surface area contributed by atoms with Gasteiger partial charge in [-0.25, -0.2) is 0 Å². The third-order valence-electron chi connectivity index (χ3n) is 8.33. The molecule has 282 valence electrons. The van der Waals surface area contributed by atoms with Crippen molar-refractivity contribution in [3.8, 4) is 22.6 Å². The van der Waals surface area contributed by atoms with E-state index < -0.39 is 23.4 Å². The van der Waals surface area contributed by atoms with Gasteiger partial charge in [0, 0.05) is 25.2 Å². The predicted octanol–water partition coefficient (Wildman–Crippen LogP) is 8.16. The van der Waals surface area contributed by atoms with E-state index in [1.54, 1.807) is 24.3 Å². The quantitative estimate of drug-likeness (QED) is 0.0481. The van der Waals surface area contributed by atoms with Crippen LogP contribution in [0.15, 0.2) is 83.0 Å². The van der Waals surface area contributed by atoms with Crippen molar-refractivity contribution in [2.24, 2.45) is 10.2 Å². The normalized spacial score (nSPS) is 11.4. The average molecular weight is 733 g/mol. The van der Waals surface area contributed by atoms with Gasteiger partial charge in [0.1, 0.15) is 11.5 Å². The molecule has 4 aromatic carbocycles. The van der Waals surface area contributed by atoms with E-state index in [-0.39, 0.29) is 11.4 Å². The Morgan fingerprint density at radius 2 is 0.907 bits per heavy atom. The number of nitrogens with one attached hydrogen (secondary N) is 4. The number of Topliss-reactive ketones (excluding diaryl/α,β-unsaturated/α-hetero) is 2. The lowest BCUT2D eigenvalue weighted by Crippen LogP contribution is -2.29. The van der Waals surface area contributed by atoms with Crippen molar-refractivity contribution in [2.45, 2.75) is 68.2 Å². The number of aryl methyl sites for hydroxylation is 4. The Kier molecular flexibility index (Phi) is 14.2. The molecule has 0 aliphatic rings. The van der Waals surface area contributed by atoms with Crippen LogP contribution in [0.25, 0.3) is 11.1 Å². The molecule has 0 aliphatic carbocycles. The van der Waals surface area contributed by atoms with Crippen molar-refractivity contribution >= 4 is 57.6 Å². The maximum atomic E-state index is 13.1. The zero-order chi connectivity index (χ0) is 39.4. The highest BCUT2D eigenvalue weighted by atomic mass is 16.5. The summed E-state index contributed by atoms with van der Waals surface area (Å²) >= 11 is 0. The highest BCUT2D eigenvalue weighted by Crippen LogP contribution is 2.40. The number of para-hydroxylation sites is 2. The van der Waals surface area contributed by atoms with Crippen LogP contribution in [-0.4, -0.2) is 48.0 Å². The molecule has 0 saturated carbocycles. The van der Waals surface area contributed by atoms with Crippen LogP contribution in [0.2, 0.25) is 0 Å². The molecule has 0 radical (unpaired) electrons. The van der Waals surface area contributed by atoms with Crippen molar-refractivity contribution in [3.63, 3.8) is 0 Å². The largest absolute Gasteiger partial charge is 0.491 e. The van der Waals surface area contributed by atoms with Gasteiger partial charge in [0.05, 0.1) is 24.6 Å². The first-order chi connectivity index (χ1) is 25.8. The number of ether oxygens (including phenoxy) is 2. The Balaban J connectivity index is 1.69. The molecule has 54 heavy (non-hydrogen) atoms. The van der Waals surface area contributed by atoms with Gasteiger partial charge >= 0.3 is 0 Å². The molecule has 0 spiro atoms. The lowest BCUT2D eigenvalue weighted by Gasteiger charge is -2.19. The van der Waals surface area contributed by atoms with E-state index >= 15 is 0 Å². The van der Waals surface area contributed by atoms with E-state index in [4.69, 9.17) is 9.47 Å². The van der Waals surface area contributed by atoms with E-state index in [2.05, 4.69) is 31.7 Å². The van der Waals surface area contributed by atoms with Crippen LogP contribution in [0.3, 0.4) is 0 Å². The molecular weight excluding hydrogens is 684 g/mol. The maximum absolute atomic E-state index is 13.1. The van der Waals surface area contributed by atoms with E-state index in [0.717, 1.165) is 46.2 Å². The van der Waals surface area contributed by atoms with E-state index in [9.17, 15) is 19.2 Å². The van der Waals surface area contributed by atoms with Crippen LogP contribution in [0.4, 0.5) is 22.7 Å². The topological polar surface area (TPSA) is 160 Å². The summed E-state index contributed by atoms with van der Waals surface area (Å²) < 4.78 is 12.3. The molecule has 0 bridgehead atoms. The van der Waals surface area contributed by atoms with Crippen molar-refractivity contribution in [3.05, 3.63) is 95.1 Å². The third kappa shape index (κ3) is 10.4. The molecule has 0 aromatic heterocycles. The lowest BCUT2D eigenvalue weighted by molar-refractivity contribution is -0.116. The van der Waals surface area contributed by atoms with Crippen molar-refractivity contribution in [2.75, 3.05) is 34.7 Å². The summed E-state index contributed by atoms with van der Waals surface area (Å²) in [5, 5.41) is 14.0. The predicted molar refractivity (Wildman–Crippen MR) is 216 cm³/mol. The minimum atomic E-state index is -0.635. The van der Waals surface area contributed by atoms with Gasteiger partial charge in [0.25, 0.3) is 11.8 Å². The summed E-state index contributed by atoms with van der Waals surface area (Å²) in [7, 11) is 0. The van der Waals surface area contributed by atoms with Crippen LogP contribution in [0, 0.1) is 27.7 Å². The highest BCUT2D eigenvalue weighted by molar-refractivity contribution is 6.67. The van der Waals surface area contributed by atoms with Gasteiger partial charge in [-0.05, 0) is 110 Å². The van der Waals surface area contributed by atoms with E-state index in [1.807, 2.05) is 90.1 Å². The van der Waals surface area contributed by atoms with Gasteiger partial charge in [-0.3, -0.25) is 30.0 Å². The van der Waals surface area contributed by atoms with E-state index in [0.29, 0.717) is 47.5 Å². The monoisotopic (exact) mass is 732 g/mol. The zero-order valence-electron chi connectivity index (χ0n) is 32.1. The second-order valence-corrected chi connectivity index (χ2v) is 12.8. The van der Waals surface area contributed by atoms with Gasteiger partial charge in [-0.15, -0.1) is 0 Å². The number of rotatable bonds is 17. The zero-order valence-corrected chi connectivity index (χ0v) is 32.1. The number of anilines is 4. The summed E-state index contributed by atoms with van der Waals surface area (Å²) in [6.07, 6.45) is 1.48. The van der Waals surface area contributed by atoms with Crippen LogP contribution in [-0.2, 0) is 19.2 Å². The number of hydrogen-bond donors (Lipinski definition) is 4. The minimum absolute atomic E-state index is 0.290. The molecule has 4 rings (SSSR count). The van der Waals surface area contributed by atoms with Gasteiger partial charge in [0.15, 0.2) is 23.0 Å². The number of hydrazone groups is 2. The van der Waals surface area contributed by atoms with E-state index in [1.165, 1.54) is 13.8 Å². The van der Waals surface area contributed by atoms with Crippen molar-refractivity contribution in [1.82, 2.24) is 0 Å². The Morgan fingerprint density at radius 3 is 1.24 bits per heavy atom. The third-order valence-corrected chi connectivity index (χ3v) is 8.33. The van der Waals surface area contributed by atoms with Crippen LogP contribution < -0.4 is 31.0 Å².